The van der Waals surface area contributed by atoms with Crippen LogP contribution in [0.2, 0.25) is 0 Å². The van der Waals surface area contributed by atoms with E-state index in [0.29, 0.717) is 11.4 Å². The molecular weight excluding hydrogens is 318 g/mol. The molecule has 0 unspecified atom stereocenters. The van der Waals surface area contributed by atoms with E-state index in [1.807, 2.05) is 0 Å². The van der Waals surface area contributed by atoms with E-state index in [1.165, 1.54) is 32.5 Å². The molecule has 2 rings (SSSR count). The van der Waals surface area contributed by atoms with Crippen LogP contribution in [-0.2, 0) is 14.8 Å². The van der Waals surface area contributed by atoms with Gasteiger partial charge in [0.2, 0.25) is 15.9 Å². The number of anilines is 1. The molecule has 2 aromatic rings. The van der Waals surface area contributed by atoms with Gasteiger partial charge in [-0.25, -0.2) is 8.42 Å². The van der Waals surface area contributed by atoms with Crippen molar-refractivity contribution in [1.82, 2.24) is 9.29 Å². The Bertz CT molecular complexity index is 761. The first-order valence-electron chi connectivity index (χ1n) is 6.74. The van der Waals surface area contributed by atoms with Gasteiger partial charge in [0, 0.05) is 13.2 Å². The largest absolute Gasteiger partial charge is 0.497 e. The highest BCUT2D eigenvalue weighted by atomic mass is 32.2. The number of amides is 1. The zero-order chi connectivity index (χ0) is 16.9. The molecule has 23 heavy (non-hydrogen) atoms. The van der Waals surface area contributed by atoms with Crippen molar-refractivity contribution >= 4 is 21.6 Å². The number of likely N-dealkylation sites (N-methyl/N-ethyl adjacent to an activating group) is 1. The van der Waals surface area contributed by atoms with Gasteiger partial charge in [0.25, 0.3) is 0 Å². The lowest BCUT2D eigenvalue weighted by Crippen LogP contribution is -2.34. The van der Waals surface area contributed by atoms with Crippen molar-refractivity contribution in [2.75, 3.05) is 26.0 Å². The van der Waals surface area contributed by atoms with E-state index in [0.717, 1.165) is 4.31 Å². The quantitative estimate of drug-likeness (QED) is 0.861. The summed E-state index contributed by atoms with van der Waals surface area (Å²) in [5.41, 5.74) is 0.507. The first kappa shape index (κ1) is 16.9. The maximum atomic E-state index is 12.4. The number of aromatic nitrogens is 1. The predicted molar refractivity (Wildman–Crippen MR) is 85.7 cm³/mol. The Labute approximate surface area is 135 Å². The van der Waals surface area contributed by atoms with Crippen molar-refractivity contribution < 1.29 is 17.9 Å². The molecule has 0 spiro atoms. The standard InChI is InChI=1S/C15H17N3O4S/c1-18(11-15(19)17-12-4-3-9-16-10-12)23(20,21)14-7-5-13(22-2)6-8-14/h3-10H,11H2,1-2H3,(H,17,19). The fraction of sp³-hybridized carbons (Fsp3) is 0.200. The Hall–Kier alpha value is -2.45. The number of carbonyl (C=O) groups excluding carboxylic acids is 1. The van der Waals surface area contributed by atoms with Crippen molar-refractivity contribution in [2.24, 2.45) is 0 Å². The lowest BCUT2D eigenvalue weighted by Gasteiger charge is -2.17. The summed E-state index contributed by atoms with van der Waals surface area (Å²) in [4.78, 5) is 15.9. The van der Waals surface area contributed by atoms with Crippen LogP contribution in [0.5, 0.6) is 5.75 Å². The number of benzene rings is 1. The van der Waals surface area contributed by atoms with Crippen molar-refractivity contribution in [3.63, 3.8) is 0 Å². The Morgan fingerprint density at radius 2 is 1.96 bits per heavy atom. The third kappa shape index (κ3) is 4.27. The highest BCUT2D eigenvalue weighted by Crippen LogP contribution is 2.18. The molecule has 122 valence electrons. The molecule has 1 amide bonds. The van der Waals surface area contributed by atoms with Crippen LogP contribution in [0.4, 0.5) is 5.69 Å². The van der Waals surface area contributed by atoms with Gasteiger partial charge in [0.1, 0.15) is 5.75 Å². The molecule has 0 bridgehead atoms. The monoisotopic (exact) mass is 335 g/mol. The average Bonchev–Trinajstić information content (AvgIpc) is 2.55. The van der Waals surface area contributed by atoms with E-state index in [4.69, 9.17) is 4.74 Å². The van der Waals surface area contributed by atoms with E-state index in [9.17, 15) is 13.2 Å². The zero-order valence-electron chi connectivity index (χ0n) is 12.8. The summed E-state index contributed by atoms with van der Waals surface area (Å²) in [7, 11) is -0.902. The molecule has 1 aromatic carbocycles. The Morgan fingerprint density at radius 1 is 1.26 bits per heavy atom. The van der Waals surface area contributed by atoms with Gasteiger partial charge in [-0.1, -0.05) is 0 Å². The summed E-state index contributed by atoms with van der Waals surface area (Å²) in [6, 6.07) is 9.32. The van der Waals surface area contributed by atoms with Gasteiger partial charge in [-0.2, -0.15) is 4.31 Å². The molecule has 0 fully saturated rings. The van der Waals surface area contributed by atoms with Gasteiger partial charge in [-0.3, -0.25) is 9.78 Å². The number of carbonyl (C=O) groups is 1. The zero-order valence-corrected chi connectivity index (χ0v) is 13.6. The van der Waals surface area contributed by atoms with E-state index in [1.54, 1.807) is 30.5 Å². The minimum atomic E-state index is -3.75. The van der Waals surface area contributed by atoms with E-state index in [-0.39, 0.29) is 11.4 Å². The van der Waals surface area contributed by atoms with Gasteiger partial charge in [0.15, 0.2) is 0 Å². The fourth-order valence-corrected chi connectivity index (χ4v) is 2.98. The molecule has 1 aromatic heterocycles. The van der Waals surface area contributed by atoms with Crippen LogP contribution in [0.1, 0.15) is 0 Å². The lowest BCUT2D eigenvalue weighted by atomic mass is 10.3. The maximum absolute atomic E-state index is 12.4. The summed E-state index contributed by atoms with van der Waals surface area (Å²) in [5, 5.41) is 2.59. The molecule has 0 radical (unpaired) electrons. The second-order valence-corrected chi connectivity index (χ2v) is 6.77. The average molecular weight is 335 g/mol. The molecule has 0 saturated heterocycles. The minimum absolute atomic E-state index is 0.0926. The predicted octanol–water partition coefficient (Wildman–Crippen LogP) is 1.35. The molecule has 8 heteroatoms. The smallest absolute Gasteiger partial charge is 0.243 e. The molecular formula is C15H17N3O4S. The molecule has 1 N–H and O–H groups in total. The first-order chi connectivity index (χ1) is 10.9. The number of methoxy groups -OCH3 is 1. The highest BCUT2D eigenvalue weighted by Gasteiger charge is 2.23. The van der Waals surface area contributed by atoms with Crippen molar-refractivity contribution in [1.29, 1.82) is 0 Å². The third-order valence-electron chi connectivity index (χ3n) is 3.08. The second-order valence-electron chi connectivity index (χ2n) is 4.73. The number of hydrogen-bond donors (Lipinski definition) is 1. The number of nitrogens with zero attached hydrogens (tertiary/aromatic N) is 2. The molecule has 0 aliphatic heterocycles. The SMILES string of the molecule is COc1ccc(S(=O)(=O)N(C)CC(=O)Nc2cccnc2)cc1. The number of pyridine rings is 1. The van der Waals surface area contributed by atoms with Crippen LogP contribution in [0.25, 0.3) is 0 Å². The van der Waals surface area contributed by atoms with Crippen LogP contribution in [-0.4, -0.2) is 44.3 Å². The molecule has 0 atom stereocenters. The molecule has 0 aliphatic rings. The van der Waals surface area contributed by atoms with Gasteiger partial charge >= 0.3 is 0 Å². The Balaban J connectivity index is 2.05. The molecule has 7 nitrogen and oxygen atoms in total. The number of sulfonamides is 1. The van der Waals surface area contributed by atoms with Crippen molar-refractivity contribution in [3.8, 4) is 5.75 Å². The number of nitrogens with one attached hydrogen (secondary N) is 1. The summed E-state index contributed by atoms with van der Waals surface area (Å²) >= 11 is 0. The fourth-order valence-electron chi connectivity index (χ4n) is 1.85. The summed E-state index contributed by atoms with van der Waals surface area (Å²) in [5.74, 6) is 0.110. The number of rotatable bonds is 6. The van der Waals surface area contributed by atoms with Crippen LogP contribution in [0, 0.1) is 0 Å². The number of hydrogen-bond acceptors (Lipinski definition) is 5. The molecule has 0 aliphatic carbocycles. The first-order valence-corrected chi connectivity index (χ1v) is 8.18. The summed E-state index contributed by atoms with van der Waals surface area (Å²) < 4.78 is 30.8. The van der Waals surface area contributed by atoms with Crippen LogP contribution in [0.3, 0.4) is 0 Å². The third-order valence-corrected chi connectivity index (χ3v) is 4.90. The minimum Gasteiger partial charge on any atom is -0.497 e. The van der Waals surface area contributed by atoms with Gasteiger partial charge < -0.3 is 10.1 Å². The van der Waals surface area contributed by atoms with Gasteiger partial charge in [-0.15, -0.1) is 0 Å². The van der Waals surface area contributed by atoms with E-state index >= 15 is 0 Å². The number of ether oxygens (including phenoxy) is 1. The normalized spacial score (nSPS) is 11.3. The van der Waals surface area contributed by atoms with Gasteiger partial charge in [0.05, 0.1) is 30.4 Å². The van der Waals surface area contributed by atoms with Crippen molar-refractivity contribution in [2.45, 2.75) is 4.90 Å². The highest BCUT2D eigenvalue weighted by molar-refractivity contribution is 7.89. The van der Waals surface area contributed by atoms with Crippen LogP contribution >= 0.6 is 0 Å². The summed E-state index contributed by atoms with van der Waals surface area (Å²) in [6.45, 7) is -0.302. The topological polar surface area (TPSA) is 88.6 Å². The Kier molecular flexibility index (Phi) is 5.30. The van der Waals surface area contributed by atoms with Crippen LogP contribution in [0.15, 0.2) is 53.7 Å². The molecule has 0 saturated carbocycles. The second kappa shape index (κ2) is 7.21. The summed E-state index contributed by atoms with van der Waals surface area (Å²) in [6.07, 6.45) is 3.06. The van der Waals surface area contributed by atoms with E-state index in [2.05, 4.69) is 10.3 Å². The Morgan fingerprint density at radius 3 is 2.52 bits per heavy atom. The lowest BCUT2D eigenvalue weighted by molar-refractivity contribution is -0.116. The van der Waals surface area contributed by atoms with Crippen molar-refractivity contribution in [3.05, 3.63) is 48.8 Å². The van der Waals surface area contributed by atoms with Crippen LogP contribution < -0.4 is 10.1 Å². The molecule has 1 heterocycles. The van der Waals surface area contributed by atoms with Gasteiger partial charge in [-0.05, 0) is 36.4 Å². The van der Waals surface area contributed by atoms with E-state index < -0.39 is 15.9 Å². The maximum Gasteiger partial charge on any atom is 0.243 e.